The van der Waals surface area contributed by atoms with Crippen molar-refractivity contribution in [2.24, 2.45) is 0 Å². The molecule has 0 saturated heterocycles. The largest absolute Gasteiger partial charge is 0.393 e. The van der Waals surface area contributed by atoms with Crippen LogP contribution in [-0.2, 0) is 0 Å². The van der Waals surface area contributed by atoms with Crippen molar-refractivity contribution in [3.8, 4) is 0 Å². The Kier molecular flexibility index (Phi) is 4.58. The molecule has 0 spiro atoms. The summed E-state index contributed by atoms with van der Waals surface area (Å²) in [6, 6.07) is 0. The zero-order valence-corrected chi connectivity index (χ0v) is 9.54. The fraction of sp³-hybridized carbons (Fsp3) is 0.556. The molecular weight excluding hydrogens is 216 g/mol. The summed E-state index contributed by atoms with van der Waals surface area (Å²) < 4.78 is 0. The Morgan fingerprint density at radius 2 is 2.27 bits per heavy atom. The number of hydrogen-bond donors (Lipinski definition) is 3. The third-order valence-corrected chi connectivity index (χ3v) is 2.19. The first-order valence-corrected chi connectivity index (χ1v) is 5.13. The van der Waals surface area contributed by atoms with Crippen LogP contribution in [0.5, 0.6) is 0 Å². The van der Waals surface area contributed by atoms with Gasteiger partial charge in [-0.2, -0.15) is 0 Å². The van der Waals surface area contributed by atoms with Crippen LogP contribution < -0.4 is 10.6 Å². The first-order valence-electron chi connectivity index (χ1n) is 4.75. The zero-order valence-electron chi connectivity index (χ0n) is 8.79. The fourth-order valence-corrected chi connectivity index (χ4v) is 1.35. The van der Waals surface area contributed by atoms with Gasteiger partial charge in [0.15, 0.2) is 11.0 Å². The van der Waals surface area contributed by atoms with Gasteiger partial charge in [0.2, 0.25) is 0 Å². The number of nitrogens with one attached hydrogen (secondary N) is 2. The van der Waals surface area contributed by atoms with Crippen LogP contribution in [0.25, 0.3) is 0 Å². The lowest BCUT2D eigenvalue weighted by Gasteiger charge is -2.11. The standard InChI is InChI=1S/C9H15ClN4O/c1-6(15)3-4-12-9-7(11-2)8(10)13-5-14-9/h5-6,11,15H,3-4H2,1-2H3,(H,12,13,14). The molecule has 0 aromatic carbocycles. The van der Waals surface area contributed by atoms with Gasteiger partial charge in [-0.05, 0) is 13.3 Å². The third-order valence-electron chi connectivity index (χ3n) is 1.91. The van der Waals surface area contributed by atoms with Crippen molar-refractivity contribution >= 4 is 23.1 Å². The van der Waals surface area contributed by atoms with Gasteiger partial charge in [-0.25, -0.2) is 9.97 Å². The van der Waals surface area contributed by atoms with Crippen molar-refractivity contribution < 1.29 is 5.11 Å². The molecule has 0 aliphatic rings. The highest BCUT2D eigenvalue weighted by Crippen LogP contribution is 2.25. The number of aliphatic hydroxyl groups excluding tert-OH is 1. The number of hydrogen-bond acceptors (Lipinski definition) is 5. The van der Waals surface area contributed by atoms with E-state index in [1.54, 1.807) is 14.0 Å². The van der Waals surface area contributed by atoms with Crippen LogP contribution in [0, 0.1) is 0 Å². The number of nitrogens with zero attached hydrogens (tertiary/aromatic N) is 2. The smallest absolute Gasteiger partial charge is 0.157 e. The number of aromatic nitrogens is 2. The Morgan fingerprint density at radius 3 is 2.87 bits per heavy atom. The molecule has 0 saturated carbocycles. The Bertz CT molecular complexity index is 319. The molecule has 1 aromatic heterocycles. The van der Waals surface area contributed by atoms with E-state index in [1.807, 2.05) is 0 Å². The molecular formula is C9H15ClN4O. The third kappa shape index (κ3) is 3.53. The SMILES string of the molecule is CNc1c(Cl)ncnc1NCCC(C)O. The summed E-state index contributed by atoms with van der Waals surface area (Å²) in [5.41, 5.74) is 0.671. The topological polar surface area (TPSA) is 70.1 Å². The Hall–Kier alpha value is -1.07. The van der Waals surface area contributed by atoms with Crippen molar-refractivity contribution in [1.29, 1.82) is 0 Å². The molecule has 0 aliphatic carbocycles. The van der Waals surface area contributed by atoms with Crippen molar-refractivity contribution in [3.63, 3.8) is 0 Å². The molecule has 0 fully saturated rings. The van der Waals surface area contributed by atoms with E-state index in [9.17, 15) is 0 Å². The van der Waals surface area contributed by atoms with Gasteiger partial charge in [-0.1, -0.05) is 11.6 Å². The molecule has 15 heavy (non-hydrogen) atoms. The lowest BCUT2D eigenvalue weighted by Crippen LogP contribution is -2.12. The van der Waals surface area contributed by atoms with Crippen molar-refractivity contribution in [3.05, 3.63) is 11.5 Å². The lowest BCUT2D eigenvalue weighted by molar-refractivity contribution is 0.188. The zero-order chi connectivity index (χ0) is 11.3. The molecule has 0 bridgehead atoms. The minimum absolute atomic E-state index is 0.326. The molecule has 5 nitrogen and oxygen atoms in total. The molecule has 0 amide bonds. The minimum Gasteiger partial charge on any atom is -0.393 e. The van der Waals surface area contributed by atoms with E-state index in [1.165, 1.54) is 6.33 Å². The van der Waals surface area contributed by atoms with Gasteiger partial charge in [0.05, 0.1) is 6.10 Å². The van der Waals surface area contributed by atoms with Crippen molar-refractivity contribution in [1.82, 2.24) is 9.97 Å². The summed E-state index contributed by atoms with van der Waals surface area (Å²) >= 11 is 5.87. The highest BCUT2D eigenvalue weighted by molar-refractivity contribution is 6.32. The number of halogens is 1. The second-order valence-electron chi connectivity index (χ2n) is 3.20. The normalized spacial score (nSPS) is 12.3. The van der Waals surface area contributed by atoms with Crippen LogP contribution in [-0.4, -0.2) is 34.8 Å². The molecule has 0 aliphatic heterocycles. The van der Waals surface area contributed by atoms with Crippen LogP contribution in [0.15, 0.2) is 6.33 Å². The van der Waals surface area contributed by atoms with Gasteiger partial charge in [0, 0.05) is 13.6 Å². The average molecular weight is 231 g/mol. The van der Waals surface area contributed by atoms with E-state index in [2.05, 4.69) is 20.6 Å². The molecule has 1 aromatic rings. The van der Waals surface area contributed by atoms with E-state index in [-0.39, 0.29) is 6.10 Å². The number of rotatable bonds is 5. The first-order chi connectivity index (χ1) is 7.15. The summed E-state index contributed by atoms with van der Waals surface area (Å²) in [4.78, 5) is 7.91. The van der Waals surface area contributed by atoms with E-state index in [0.717, 1.165) is 0 Å². The lowest BCUT2D eigenvalue weighted by atomic mass is 10.3. The molecule has 1 heterocycles. The predicted molar refractivity (Wildman–Crippen MR) is 61.4 cm³/mol. The molecule has 3 N–H and O–H groups in total. The molecule has 1 unspecified atom stereocenters. The van der Waals surface area contributed by atoms with Crippen LogP contribution in [0.3, 0.4) is 0 Å². The van der Waals surface area contributed by atoms with Crippen molar-refractivity contribution in [2.75, 3.05) is 24.2 Å². The highest BCUT2D eigenvalue weighted by atomic mass is 35.5. The molecule has 1 atom stereocenters. The predicted octanol–water partition coefficient (Wildman–Crippen LogP) is 1.35. The summed E-state index contributed by atoms with van der Waals surface area (Å²) in [6.07, 6.45) is 1.73. The first kappa shape index (κ1) is 12.0. The minimum atomic E-state index is -0.326. The van der Waals surface area contributed by atoms with Crippen LogP contribution in [0.4, 0.5) is 11.5 Å². The van der Waals surface area contributed by atoms with Crippen LogP contribution in [0.1, 0.15) is 13.3 Å². The summed E-state index contributed by atoms with van der Waals surface area (Å²) in [5, 5.41) is 15.5. The van der Waals surface area contributed by atoms with Gasteiger partial charge in [0.25, 0.3) is 0 Å². The number of anilines is 2. The maximum absolute atomic E-state index is 9.10. The quantitative estimate of drug-likeness (QED) is 0.667. The Balaban J connectivity index is 2.64. The second kappa shape index (κ2) is 5.72. The maximum Gasteiger partial charge on any atom is 0.157 e. The van der Waals surface area contributed by atoms with Crippen LogP contribution >= 0.6 is 11.6 Å². The molecule has 6 heteroatoms. The fourth-order valence-electron chi connectivity index (χ4n) is 1.12. The van der Waals surface area contributed by atoms with E-state index >= 15 is 0 Å². The van der Waals surface area contributed by atoms with Crippen LogP contribution in [0.2, 0.25) is 5.15 Å². The average Bonchev–Trinajstić information content (AvgIpc) is 2.17. The van der Waals surface area contributed by atoms with Gasteiger partial charge in [-0.3, -0.25) is 0 Å². The Morgan fingerprint density at radius 1 is 1.53 bits per heavy atom. The van der Waals surface area contributed by atoms with E-state index in [4.69, 9.17) is 16.7 Å². The van der Waals surface area contributed by atoms with E-state index in [0.29, 0.717) is 29.6 Å². The van der Waals surface area contributed by atoms with Gasteiger partial charge >= 0.3 is 0 Å². The van der Waals surface area contributed by atoms with Gasteiger partial charge < -0.3 is 15.7 Å². The summed E-state index contributed by atoms with van der Waals surface area (Å²) in [5.74, 6) is 0.651. The molecule has 1 rings (SSSR count). The highest BCUT2D eigenvalue weighted by Gasteiger charge is 2.07. The number of aliphatic hydroxyl groups is 1. The monoisotopic (exact) mass is 230 g/mol. The van der Waals surface area contributed by atoms with Gasteiger partial charge in [-0.15, -0.1) is 0 Å². The van der Waals surface area contributed by atoms with Gasteiger partial charge in [0.1, 0.15) is 12.0 Å². The second-order valence-corrected chi connectivity index (χ2v) is 3.56. The molecule has 0 radical (unpaired) electrons. The molecule has 84 valence electrons. The summed E-state index contributed by atoms with van der Waals surface area (Å²) in [7, 11) is 1.75. The van der Waals surface area contributed by atoms with Crippen molar-refractivity contribution in [2.45, 2.75) is 19.4 Å². The maximum atomic E-state index is 9.10. The Labute approximate surface area is 93.9 Å². The van der Waals surface area contributed by atoms with E-state index < -0.39 is 0 Å². The summed E-state index contributed by atoms with van der Waals surface area (Å²) in [6.45, 7) is 2.38.